The molecule has 2 amide bonds. The number of anilines is 2. The lowest BCUT2D eigenvalue weighted by Crippen LogP contribution is -2.26. The molecule has 0 aliphatic rings. The van der Waals surface area contributed by atoms with Gasteiger partial charge in [0.25, 0.3) is 5.56 Å². The van der Waals surface area contributed by atoms with Gasteiger partial charge in [-0.3, -0.25) is 19.0 Å². The number of nitrogens with one attached hydrogen (secondary N) is 2. The molecule has 0 aliphatic carbocycles. The quantitative estimate of drug-likeness (QED) is 0.190. The molecule has 0 saturated carbocycles. The zero-order valence-electron chi connectivity index (χ0n) is 21.6. The van der Waals surface area contributed by atoms with E-state index in [4.69, 9.17) is 16.6 Å². The number of rotatable bonds is 8. The molecule has 2 N–H and O–H groups in total. The van der Waals surface area contributed by atoms with E-state index in [9.17, 15) is 14.4 Å². The van der Waals surface area contributed by atoms with E-state index in [0.29, 0.717) is 44.1 Å². The Morgan fingerprint density at radius 1 is 0.974 bits per heavy atom. The number of carbonyl (C=O) groups excluding carboxylic acids is 2. The predicted molar refractivity (Wildman–Crippen MR) is 156 cm³/mol. The van der Waals surface area contributed by atoms with Crippen molar-refractivity contribution in [3.05, 3.63) is 87.7 Å². The molecule has 0 radical (unpaired) electrons. The van der Waals surface area contributed by atoms with Crippen LogP contribution in [0.4, 0.5) is 11.4 Å². The monoisotopic (exact) mass is 548 g/mol. The van der Waals surface area contributed by atoms with Gasteiger partial charge in [0.05, 0.1) is 21.8 Å². The van der Waals surface area contributed by atoms with Crippen LogP contribution in [0.3, 0.4) is 0 Å². The van der Waals surface area contributed by atoms with Crippen molar-refractivity contribution in [2.75, 3.05) is 10.6 Å². The lowest BCUT2D eigenvalue weighted by molar-refractivity contribution is -0.115. The third-order valence-electron chi connectivity index (χ3n) is 6.26. The fourth-order valence-electron chi connectivity index (χ4n) is 3.93. The van der Waals surface area contributed by atoms with Crippen molar-refractivity contribution in [3.63, 3.8) is 0 Å². The number of hydrogen-bond donors (Lipinski definition) is 2. The van der Waals surface area contributed by atoms with Gasteiger partial charge in [0.15, 0.2) is 5.16 Å². The summed E-state index contributed by atoms with van der Waals surface area (Å²) >= 11 is 7.38. The highest BCUT2D eigenvalue weighted by Crippen LogP contribution is 2.28. The fraction of sp³-hybridized carbons (Fsp3) is 0.241. The second-order valence-electron chi connectivity index (χ2n) is 9.11. The Labute approximate surface area is 230 Å². The summed E-state index contributed by atoms with van der Waals surface area (Å²) in [6.07, 6.45) is 1.02. The topological polar surface area (TPSA) is 93.1 Å². The highest BCUT2D eigenvalue weighted by atomic mass is 35.5. The Kier molecular flexibility index (Phi) is 8.54. The number of carbonyl (C=O) groups is 2. The summed E-state index contributed by atoms with van der Waals surface area (Å²) in [5, 5.41) is 6.32. The molecule has 4 rings (SSSR count). The van der Waals surface area contributed by atoms with E-state index in [1.807, 2.05) is 24.3 Å². The molecule has 1 heterocycles. The van der Waals surface area contributed by atoms with Gasteiger partial charge in [0.1, 0.15) is 0 Å². The van der Waals surface area contributed by atoms with E-state index in [2.05, 4.69) is 24.5 Å². The highest BCUT2D eigenvalue weighted by molar-refractivity contribution is 8.00. The molecule has 9 heteroatoms. The minimum Gasteiger partial charge on any atom is -0.326 e. The molecule has 0 bridgehead atoms. The number of aromatic nitrogens is 2. The third-order valence-corrected chi connectivity index (χ3v) is 7.54. The maximum absolute atomic E-state index is 13.6. The molecule has 7 nitrogen and oxygen atoms in total. The van der Waals surface area contributed by atoms with E-state index in [-0.39, 0.29) is 17.4 Å². The van der Waals surface area contributed by atoms with E-state index in [0.717, 1.165) is 6.42 Å². The first-order valence-electron chi connectivity index (χ1n) is 12.3. The van der Waals surface area contributed by atoms with E-state index < -0.39 is 5.25 Å². The van der Waals surface area contributed by atoms with E-state index in [1.54, 1.807) is 54.0 Å². The molecule has 2 atom stereocenters. The van der Waals surface area contributed by atoms with Gasteiger partial charge < -0.3 is 10.6 Å². The number of halogens is 1. The first-order chi connectivity index (χ1) is 18.2. The molecule has 0 fully saturated rings. The summed E-state index contributed by atoms with van der Waals surface area (Å²) < 4.78 is 1.55. The van der Waals surface area contributed by atoms with Gasteiger partial charge >= 0.3 is 0 Å². The number of benzene rings is 3. The van der Waals surface area contributed by atoms with Crippen molar-refractivity contribution in [1.82, 2.24) is 9.55 Å². The fourth-order valence-corrected chi connectivity index (χ4v) is 5.02. The minimum absolute atomic E-state index is 0.170. The molecule has 3 aromatic carbocycles. The Morgan fingerprint density at radius 3 is 2.21 bits per heavy atom. The Morgan fingerprint density at radius 2 is 1.61 bits per heavy atom. The molecular formula is C29H29ClN4O3S. The van der Waals surface area contributed by atoms with Gasteiger partial charge in [0, 0.05) is 23.3 Å². The maximum atomic E-state index is 13.6. The second-order valence-corrected chi connectivity index (χ2v) is 10.8. The van der Waals surface area contributed by atoms with Crippen molar-refractivity contribution in [2.24, 2.45) is 0 Å². The summed E-state index contributed by atoms with van der Waals surface area (Å²) in [7, 11) is 0. The molecular weight excluding hydrogens is 520 g/mol. The summed E-state index contributed by atoms with van der Waals surface area (Å²) in [4.78, 5) is 42.6. The largest absolute Gasteiger partial charge is 0.326 e. The lowest BCUT2D eigenvalue weighted by atomic mass is 9.98. The first kappa shape index (κ1) is 27.4. The minimum atomic E-state index is -0.570. The maximum Gasteiger partial charge on any atom is 0.266 e. The lowest BCUT2D eigenvalue weighted by Gasteiger charge is -2.17. The van der Waals surface area contributed by atoms with Crippen LogP contribution < -0.4 is 16.2 Å². The second kappa shape index (κ2) is 11.8. The number of fused-ring (bicyclic) bond motifs is 1. The van der Waals surface area contributed by atoms with Crippen molar-refractivity contribution in [2.45, 2.75) is 50.4 Å². The van der Waals surface area contributed by atoms with Crippen molar-refractivity contribution >= 4 is 57.5 Å². The normalized spacial score (nSPS) is 12.7. The van der Waals surface area contributed by atoms with E-state index in [1.165, 1.54) is 24.2 Å². The molecule has 1 aromatic heterocycles. The van der Waals surface area contributed by atoms with Gasteiger partial charge in [-0.1, -0.05) is 49.3 Å². The number of thioether (sulfide) groups is 1. The molecule has 4 aromatic rings. The van der Waals surface area contributed by atoms with Gasteiger partial charge in [-0.25, -0.2) is 4.98 Å². The van der Waals surface area contributed by atoms with Crippen LogP contribution in [-0.4, -0.2) is 26.6 Å². The van der Waals surface area contributed by atoms with Crippen LogP contribution in [0.2, 0.25) is 5.02 Å². The Bertz CT molecular complexity index is 1530. The molecule has 0 saturated heterocycles. The zero-order valence-corrected chi connectivity index (χ0v) is 23.2. The molecule has 196 valence electrons. The van der Waals surface area contributed by atoms with Crippen LogP contribution in [0.15, 0.2) is 76.7 Å². The van der Waals surface area contributed by atoms with Gasteiger partial charge in [-0.15, -0.1) is 0 Å². The summed E-state index contributed by atoms with van der Waals surface area (Å²) in [5.74, 6) is -0.0135. The number of nitrogens with zero attached hydrogens (tertiary/aromatic N) is 2. The van der Waals surface area contributed by atoms with Crippen molar-refractivity contribution in [3.8, 4) is 5.69 Å². The summed E-state index contributed by atoms with van der Waals surface area (Å²) in [5.41, 5.74) is 3.34. The van der Waals surface area contributed by atoms with Crippen molar-refractivity contribution in [1.29, 1.82) is 0 Å². The molecule has 0 unspecified atom stereocenters. The highest BCUT2D eigenvalue weighted by Gasteiger charge is 2.21. The smallest absolute Gasteiger partial charge is 0.266 e. The van der Waals surface area contributed by atoms with Crippen LogP contribution in [0.5, 0.6) is 0 Å². The summed E-state index contributed by atoms with van der Waals surface area (Å²) in [6.45, 7) is 7.50. The SMILES string of the molecule is CC[C@@H](C)c1ccc(-n2c(S[C@H](C)C(=O)Nc3ccc(NC(C)=O)cc3)nc3cc(Cl)ccc3c2=O)cc1. The molecule has 38 heavy (non-hydrogen) atoms. The van der Waals surface area contributed by atoms with Crippen LogP contribution in [0.25, 0.3) is 16.6 Å². The van der Waals surface area contributed by atoms with Crippen molar-refractivity contribution < 1.29 is 9.59 Å². The van der Waals surface area contributed by atoms with Gasteiger partial charge in [0.2, 0.25) is 11.8 Å². The van der Waals surface area contributed by atoms with Crippen LogP contribution >= 0.6 is 23.4 Å². The van der Waals surface area contributed by atoms with Gasteiger partial charge in [-0.2, -0.15) is 0 Å². The number of hydrogen-bond acceptors (Lipinski definition) is 5. The predicted octanol–water partition coefficient (Wildman–Crippen LogP) is 6.63. The Balaban J connectivity index is 1.65. The van der Waals surface area contributed by atoms with Crippen LogP contribution in [-0.2, 0) is 9.59 Å². The average molecular weight is 549 g/mol. The standard InChI is InChI=1S/C29H29ClN4O3S/c1-5-17(2)20-6-13-24(14-7-20)34-28(37)25-15-8-21(30)16-26(25)33-29(34)38-18(3)27(36)32-23-11-9-22(10-12-23)31-19(4)35/h6-18H,5H2,1-4H3,(H,31,35)(H,32,36)/t17-,18-/m1/s1. The summed E-state index contributed by atoms with van der Waals surface area (Å²) in [6, 6.07) is 19.7. The van der Waals surface area contributed by atoms with Gasteiger partial charge in [-0.05, 0) is 79.4 Å². The first-order valence-corrected chi connectivity index (χ1v) is 13.6. The zero-order chi connectivity index (χ0) is 27.4. The number of amides is 2. The molecule has 0 spiro atoms. The average Bonchev–Trinajstić information content (AvgIpc) is 2.89. The third kappa shape index (κ3) is 6.26. The van der Waals surface area contributed by atoms with Crippen LogP contribution in [0, 0.1) is 0 Å². The molecule has 0 aliphatic heterocycles. The Hall–Kier alpha value is -3.62. The van der Waals surface area contributed by atoms with E-state index >= 15 is 0 Å². The van der Waals surface area contributed by atoms with Crippen LogP contribution in [0.1, 0.15) is 45.6 Å².